The summed E-state index contributed by atoms with van der Waals surface area (Å²) >= 11 is 6.09. The highest BCUT2D eigenvalue weighted by Crippen LogP contribution is 2.49. The van der Waals surface area contributed by atoms with E-state index in [4.69, 9.17) is 16.3 Å². The molecule has 182 valence electrons. The number of carbonyl (C=O) groups is 3. The molecule has 9 heteroatoms. The van der Waals surface area contributed by atoms with Crippen molar-refractivity contribution in [1.29, 1.82) is 5.26 Å². The Kier molecular flexibility index (Phi) is 6.77. The summed E-state index contributed by atoms with van der Waals surface area (Å²) in [5.74, 6) is -0.514. The van der Waals surface area contributed by atoms with E-state index in [1.54, 1.807) is 12.1 Å². The van der Waals surface area contributed by atoms with Crippen molar-refractivity contribution in [3.8, 4) is 6.07 Å². The SMILES string of the molecule is CC1(C)C[C@@H](C[C@@H](C#N)NC(=O)[C@H](CC2CC2)NC(=O)OC2(c3cccc(Cl)c3)CC2)C(=O)N1. The van der Waals surface area contributed by atoms with Crippen molar-refractivity contribution in [2.45, 2.75) is 82.0 Å². The van der Waals surface area contributed by atoms with Gasteiger partial charge < -0.3 is 20.7 Å². The molecular formula is C25H31ClN4O4. The first kappa shape index (κ1) is 24.3. The van der Waals surface area contributed by atoms with Crippen LogP contribution in [0.2, 0.25) is 5.02 Å². The molecule has 2 aliphatic carbocycles. The summed E-state index contributed by atoms with van der Waals surface area (Å²) in [6.45, 7) is 3.87. The third-order valence-electron chi connectivity index (χ3n) is 6.80. The Morgan fingerprint density at radius 3 is 2.56 bits per heavy atom. The quantitative estimate of drug-likeness (QED) is 0.493. The van der Waals surface area contributed by atoms with Gasteiger partial charge >= 0.3 is 6.09 Å². The van der Waals surface area contributed by atoms with Gasteiger partial charge in [-0.25, -0.2) is 4.79 Å². The van der Waals surface area contributed by atoms with Crippen LogP contribution in [0.4, 0.5) is 4.79 Å². The first-order valence-corrected chi connectivity index (χ1v) is 12.2. The summed E-state index contributed by atoms with van der Waals surface area (Å²) in [6.07, 6.45) is 4.05. The second-order valence-electron chi connectivity index (χ2n) is 10.5. The van der Waals surface area contributed by atoms with Gasteiger partial charge in [0.05, 0.1) is 6.07 Å². The van der Waals surface area contributed by atoms with Crippen molar-refractivity contribution in [3.05, 3.63) is 34.9 Å². The number of nitriles is 1. The molecule has 1 aromatic carbocycles. The van der Waals surface area contributed by atoms with Crippen molar-refractivity contribution in [1.82, 2.24) is 16.0 Å². The van der Waals surface area contributed by atoms with Crippen LogP contribution in [0.15, 0.2) is 24.3 Å². The Balaban J connectivity index is 1.36. The van der Waals surface area contributed by atoms with Gasteiger partial charge in [-0.1, -0.05) is 36.6 Å². The Labute approximate surface area is 204 Å². The monoisotopic (exact) mass is 486 g/mol. The molecule has 0 bridgehead atoms. The third-order valence-corrected chi connectivity index (χ3v) is 7.03. The van der Waals surface area contributed by atoms with Gasteiger partial charge in [0.1, 0.15) is 17.7 Å². The zero-order valence-electron chi connectivity index (χ0n) is 19.5. The highest BCUT2D eigenvalue weighted by Gasteiger charge is 2.49. The molecule has 0 radical (unpaired) electrons. The summed E-state index contributed by atoms with van der Waals surface area (Å²) < 4.78 is 5.74. The zero-order chi connectivity index (χ0) is 24.5. The molecule has 34 heavy (non-hydrogen) atoms. The average Bonchev–Trinajstić information content (AvgIpc) is 3.68. The molecule has 3 fully saturated rings. The number of halogens is 1. The van der Waals surface area contributed by atoms with E-state index in [2.05, 4.69) is 22.0 Å². The molecule has 0 spiro atoms. The fraction of sp³-hybridized carbons (Fsp3) is 0.600. The number of amides is 3. The minimum atomic E-state index is -0.821. The molecule has 1 aromatic rings. The van der Waals surface area contributed by atoms with E-state index in [-0.39, 0.29) is 23.8 Å². The number of carbonyl (C=O) groups excluding carboxylic acids is 3. The summed E-state index contributed by atoms with van der Waals surface area (Å²) in [4.78, 5) is 38.0. The normalized spacial score (nSPS) is 23.7. The van der Waals surface area contributed by atoms with E-state index in [0.717, 1.165) is 18.4 Å². The van der Waals surface area contributed by atoms with E-state index in [0.29, 0.717) is 36.6 Å². The van der Waals surface area contributed by atoms with Crippen LogP contribution < -0.4 is 16.0 Å². The number of alkyl carbamates (subject to hydrolysis) is 1. The standard InChI is InChI=1S/C25H31ClN4O4/c1-24(2)13-16(21(31)30-24)11-19(14-27)28-22(32)20(10-15-6-7-15)29-23(33)34-25(8-9-25)17-4-3-5-18(26)12-17/h3-5,12,15-16,19-20H,6-11,13H2,1-2H3,(H,28,32)(H,29,33)(H,30,31)/t16-,19+,20+/m1/s1. The largest absolute Gasteiger partial charge is 0.438 e. The number of nitrogens with one attached hydrogen (secondary N) is 3. The van der Waals surface area contributed by atoms with Gasteiger partial charge in [0.2, 0.25) is 11.8 Å². The number of hydrogen-bond acceptors (Lipinski definition) is 5. The van der Waals surface area contributed by atoms with Gasteiger partial charge in [0.25, 0.3) is 0 Å². The molecular weight excluding hydrogens is 456 g/mol. The molecule has 1 heterocycles. The summed E-state index contributed by atoms with van der Waals surface area (Å²) in [7, 11) is 0. The van der Waals surface area contributed by atoms with Gasteiger partial charge in [-0.3, -0.25) is 9.59 Å². The highest BCUT2D eigenvalue weighted by molar-refractivity contribution is 6.30. The Morgan fingerprint density at radius 1 is 1.26 bits per heavy atom. The second-order valence-corrected chi connectivity index (χ2v) is 10.9. The number of hydrogen-bond donors (Lipinski definition) is 3. The Hall–Kier alpha value is -2.79. The van der Waals surface area contributed by atoms with Gasteiger partial charge in [-0.2, -0.15) is 5.26 Å². The fourth-order valence-electron chi connectivity index (χ4n) is 4.69. The maximum Gasteiger partial charge on any atom is 0.408 e. The van der Waals surface area contributed by atoms with Crippen molar-refractivity contribution in [2.75, 3.05) is 0 Å². The van der Waals surface area contributed by atoms with E-state index in [9.17, 15) is 19.6 Å². The predicted molar refractivity (Wildman–Crippen MR) is 126 cm³/mol. The second kappa shape index (κ2) is 9.46. The van der Waals surface area contributed by atoms with E-state index >= 15 is 0 Å². The number of benzene rings is 1. The molecule has 4 rings (SSSR count). The molecule has 0 aromatic heterocycles. The number of rotatable bonds is 9. The Morgan fingerprint density at radius 2 is 2.00 bits per heavy atom. The van der Waals surface area contributed by atoms with Gasteiger partial charge in [0.15, 0.2) is 0 Å². The lowest BCUT2D eigenvalue weighted by atomic mass is 9.92. The van der Waals surface area contributed by atoms with Crippen LogP contribution in [-0.2, 0) is 19.9 Å². The van der Waals surface area contributed by atoms with Crippen molar-refractivity contribution < 1.29 is 19.1 Å². The minimum Gasteiger partial charge on any atom is -0.438 e. The molecule has 8 nitrogen and oxygen atoms in total. The molecule has 1 aliphatic heterocycles. The van der Waals surface area contributed by atoms with Crippen molar-refractivity contribution >= 4 is 29.5 Å². The van der Waals surface area contributed by atoms with Crippen LogP contribution >= 0.6 is 11.6 Å². The maximum atomic E-state index is 13.0. The zero-order valence-corrected chi connectivity index (χ0v) is 20.3. The lowest BCUT2D eigenvalue weighted by Gasteiger charge is -2.23. The molecule has 2 saturated carbocycles. The minimum absolute atomic E-state index is 0.105. The lowest BCUT2D eigenvalue weighted by Crippen LogP contribution is -2.50. The molecule has 1 saturated heterocycles. The fourth-order valence-corrected chi connectivity index (χ4v) is 4.88. The molecule has 0 unspecified atom stereocenters. The third kappa shape index (κ3) is 6.01. The van der Waals surface area contributed by atoms with E-state index < -0.39 is 29.7 Å². The van der Waals surface area contributed by atoms with Crippen LogP contribution in [0.1, 0.15) is 64.4 Å². The first-order valence-electron chi connectivity index (χ1n) is 11.9. The van der Waals surface area contributed by atoms with Crippen molar-refractivity contribution in [3.63, 3.8) is 0 Å². The van der Waals surface area contributed by atoms with Gasteiger partial charge in [-0.15, -0.1) is 0 Å². The smallest absolute Gasteiger partial charge is 0.408 e. The lowest BCUT2D eigenvalue weighted by molar-refractivity contribution is -0.125. The molecule has 3 atom stereocenters. The predicted octanol–water partition coefficient (Wildman–Crippen LogP) is 3.54. The Bertz CT molecular complexity index is 1010. The van der Waals surface area contributed by atoms with Crippen LogP contribution in [0.5, 0.6) is 0 Å². The van der Waals surface area contributed by atoms with Crippen molar-refractivity contribution in [2.24, 2.45) is 11.8 Å². The average molecular weight is 487 g/mol. The van der Waals surface area contributed by atoms with E-state index in [1.807, 2.05) is 26.0 Å². The number of ether oxygens (including phenoxy) is 1. The molecule has 3 aliphatic rings. The molecule has 3 N–H and O–H groups in total. The summed E-state index contributed by atoms with van der Waals surface area (Å²) in [6, 6.07) is 7.70. The van der Waals surface area contributed by atoms with Crippen LogP contribution in [0, 0.1) is 23.2 Å². The van der Waals surface area contributed by atoms with Crippen LogP contribution in [0.25, 0.3) is 0 Å². The van der Waals surface area contributed by atoms with E-state index in [1.165, 1.54) is 0 Å². The molecule has 3 amide bonds. The summed E-state index contributed by atoms with van der Waals surface area (Å²) in [5.41, 5.74) is -0.207. The maximum absolute atomic E-state index is 13.0. The number of nitrogens with zero attached hydrogens (tertiary/aromatic N) is 1. The van der Waals surface area contributed by atoms with Crippen LogP contribution in [0.3, 0.4) is 0 Å². The first-order chi connectivity index (χ1) is 16.1. The van der Waals surface area contributed by atoms with Crippen LogP contribution in [-0.4, -0.2) is 35.5 Å². The van der Waals surface area contributed by atoms with Gasteiger partial charge in [0, 0.05) is 16.5 Å². The summed E-state index contributed by atoms with van der Waals surface area (Å²) in [5, 5.41) is 18.5. The highest BCUT2D eigenvalue weighted by atomic mass is 35.5. The van der Waals surface area contributed by atoms with Gasteiger partial charge in [-0.05, 0) is 69.6 Å². The topological polar surface area (TPSA) is 120 Å².